The van der Waals surface area contributed by atoms with E-state index in [1.165, 1.54) is 32.2 Å². The molecule has 0 aliphatic rings. The zero-order chi connectivity index (χ0) is 19.2. The van der Waals surface area contributed by atoms with E-state index in [2.05, 4.69) is 5.32 Å². The van der Waals surface area contributed by atoms with E-state index in [1.807, 2.05) is 0 Å². The molecule has 2 unspecified atom stereocenters. The topological polar surface area (TPSA) is 136 Å². The van der Waals surface area contributed by atoms with E-state index in [9.17, 15) is 22.8 Å². The van der Waals surface area contributed by atoms with E-state index >= 15 is 0 Å². The predicted octanol–water partition coefficient (Wildman–Crippen LogP) is 1.59. The fourth-order valence-corrected chi connectivity index (χ4v) is 2.41. The van der Waals surface area contributed by atoms with Crippen LogP contribution in [0.25, 0.3) is 0 Å². The Morgan fingerprint density at radius 1 is 1.22 bits per heavy atom. The number of carbonyl (C=O) groups is 3. The van der Waals surface area contributed by atoms with Crippen molar-refractivity contribution in [2.45, 2.75) is 44.8 Å². The van der Waals surface area contributed by atoms with Crippen LogP contribution < -0.4 is 5.32 Å². The maximum atomic E-state index is 12.1. The Balaban J connectivity index is 0. The summed E-state index contributed by atoms with van der Waals surface area (Å²) in [4.78, 5) is 34.8. The first-order valence-electron chi connectivity index (χ1n) is 7.16. The van der Waals surface area contributed by atoms with Crippen molar-refractivity contribution in [3.63, 3.8) is 0 Å². The van der Waals surface area contributed by atoms with Crippen molar-refractivity contribution in [1.82, 2.24) is 0 Å². The van der Waals surface area contributed by atoms with Crippen LogP contribution in [0.1, 0.15) is 27.7 Å². The summed E-state index contributed by atoms with van der Waals surface area (Å²) in [6.45, 7) is 2.57. The van der Waals surface area contributed by atoms with Gasteiger partial charge in [-0.1, -0.05) is 19.6 Å². The van der Waals surface area contributed by atoms with Gasteiger partial charge in [0.05, 0.1) is 12.1 Å². The SMILES string of the molecule is C.COC(C)C(=O)OC(CC(=O)Nc1ccccc1S(=O)(=O)O)C(C)=O.F. The molecule has 2 N–H and O–H groups in total. The van der Waals surface area contributed by atoms with Gasteiger partial charge in [-0.25, -0.2) is 4.79 Å². The number of amides is 1. The van der Waals surface area contributed by atoms with Gasteiger partial charge in [0.25, 0.3) is 10.1 Å². The second kappa shape index (κ2) is 11.4. The molecule has 0 saturated carbocycles. The van der Waals surface area contributed by atoms with Gasteiger partial charge in [-0.05, 0) is 26.0 Å². The lowest BCUT2D eigenvalue weighted by Crippen LogP contribution is -2.34. The summed E-state index contributed by atoms with van der Waals surface area (Å²) >= 11 is 0. The molecule has 27 heavy (non-hydrogen) atoms. The van der Waals surface area contributed by atoms with Gasteiger partial charge in [0.2, 0.25) is 5.91 Å². The second-order valence-electron chi connectivity index (χ2n) is 5.14. The first kappa shape index (κ1) is 26.9. The van der Waals surface area contributed by atoms with Gasteiger partial charge in [-0.2, -0.15) is 8.42 Å². The summed E-state index contributed by atoms with van der Waals surface area (Å²) in [5, 5.41) is 2.27. The molecule has 0 aliphatic heterocycles. The van der Waals surface area contributed by atoms with Crippen LogP contribution in [-0.2, 0) is 34.0 Å². The molecule has 0 fully saturated rings. The minimum absolute atomic E-state index is 0. The van der Waals surface area contributed by atoms with Crippen LogP contribution in [0.5, 0.6) is 0 Å². The monoisotopic (exact) mass is 409 g/mol. The highest BCUT2D eigenvalue weighted by atomic mass is 32.2. The molecule has 1 amide bonds. The molecule has 154 valence electrons. The molecule has 11 heteroatoms. The van der Waals surface area contributed by atoms with Crippen molar-refractivity contribution in [3.05, 3.63) is 24.3 Å². The number of rotatable bonds is 8. The summed E-state index contributed by atoms with van der Waals surface area (Å²) in [6, 6.07) is 5.19. The number of hydrogen-bond acceptors (Lipinski definition) is 7. The number of para-hydroxylation sites is 1. The van der Waals surface area contributed by atoms with E-state index in [-0.39, 0.29) is 17.8 Å². The molecule has 9 nitrogen and oxygen atoms in total. The number of ether oxygens (including phenoxy) is 2. The fourth-order valence-electron chi connectivity index (χ4n) is 1.77. The summed E-state index contributed by atoms with van der Waals surface area (Å²) in [5.74, 6) is -2.14. The normalized spacial score (nSPS) is 12.6. The van der Waals surface area contributed by atoms with Crippen molar-refractivity contribution in [3.8, 4) is 0 Å². The van der Waals surface area contributed by atoms with E-state index in [1.54, 1.807) is 0 Å². The van der Waals surface area contributed by atoms with Crippen LogP contribution in [0.3, 0.4) is 0 Å². The van der Waals surface area contributed by atoms with Gasteiger partial charge in [-0.15, -0.1) is 0 Å². The summed E-state index contributed by atoms with van der Waals surface area (Å²) in [7, 11) is -3.26. The van der Waals surface area contributed by atoms with E-state index in [4.69, 9.17) is 14.0 Å². The highest BCUT2D eigenvalue weighted by Gasteiger charge is 2.26. The van der Waals surface area contributed by atoms with Gasteiger partial charge < -0.3 is 14.8 Å². The predicted molar refractivity (Wildman–Crippen MR) is 95.8 cm³/mol. The van der Waals surface area contributed by atoms with Crippen LogP contribution in [0.4, 0.5) is 10.4 Å². The van der Waals surface area contributed by atoms with Crippen molar-refractivity contribution in [1.29, 1.82) is 0 Å². The minimum atomic E-state index is -4.54. The lowest BCUT2D eigenvalue weighted by Gasteiger charge is -2.17. The molecular weight excluding hydrogens is 385 g/mol. The lowest BCUT2D eigenvalue weighted by atomic mass is 10.1. The average molecular weight is 409 g/mol. The van der Waals surface area contributed by atoms with E-state index < -0.39 is 51.3 Å². The van der Waals surface area contributed by atoms with Crippen molar-refractivity contribution < 1.29 is 41.5 Å². The summed E-state index contributed by atoms with van der Waals surface area (Å²) < 4.78 is 41.4. The standard InChI is InChI=1S/C15H19NO8S.CH4.FH/c1-9(17)12(24-15(19)10(2)23-3)8-14(18)16-11-6-4-5-7-13(11)25(20,21)22;;/h4-7,10,12H,8H2,1-3H3,(H,16,18)(H,20,21,22);1H4;1H. The Morgan fingerprint density at radius 2 is 1.78 bits per heavy atom. The Bertz CT molecular complexity index is 765. The molecule has 1 aromatic rings. The number of anilines is 1. The van der Waals surface area contributed by atoms with Crippen LogP contribution in [-0.4, -0.2) is 49.9 Å². The number of nitrogens with one attached hydrogen (secondary N) is 1. The third-order valence-corrected chi connectivity index (χ3v) is 4.12. The number of halogens is 1. The van der Waals surface area contributed by atoms with Crippen molar-refractivity contribution >= 4 is 33.5 Å². The number of methoxy groups -OCH3 is 1. The van der Waals surface area contributed by atoms with E-state index in [0.29, 0.717) is 0 Å². The molecule has 0 aromatic heterocycles. The third-order valence-electron chi connectivity index (χ3n) is 3.21. The Labute approximate surface area is 157 Å². The molecule has 0 radical (unpaired) electrons. The number of hydrogen-bond donors (Lipinski definition) is 2. The van der Waals surface area contributed by atoms with Crippen molar-refractivity contribution in [2.75, 3.05) is 12.4 Å². The van der Waals surface area contributed by atoms with Crippen LogP contribution in [0.2, 0.25) is 0 Å². The van der Waals surface area contributed by atoms with Crippen LogP contribution >= 0.6 is 0 Å². The maximum absolute atomic E-state index is 12.1. The summed E-state index contributed by atoms with van der Waals surface area (Å²) in [5.41, 5.74) is -0.158. The third kappa shape index (κ3) is 8.24. The quantitative estimate of drug-likeness (QED) is 0.488. The molecule has 2 atom stereocenters. The average Bonchev–Trinajstić information content (AvgIpc) is 2.52. The Hall–Kier alpha value is -2.37. The highest BCUT2D eigenvalue weighted by Crippen LogP contribution is 2.20. The molecule has 1 rings (SSSR count). The van der Waals surface area contributed by atoms with Gasteiger partial charge in [0.15, 0.2) is 18.0 Å². The molecule has 0 aliphatic carbocycles. The van der Waals surface area contributed by atoms with Gasteiger partial charge in [0, 0.05) is 7.11 Å². The van der Waals surface area contributed by atoms with Gasteiger partial charge in [0.1, 0.15) is 4.90 Å². The molecule has 0 heterocycles. The molecule has 1 aromatic carbocycles. The number of esters is 1. The first-order valence-corrected chi connectivity index (χ1v) is 8.60. The fraction of sp³-hybridized carbons (Fsp3) is 0.438. The first-order chi connectivity index (χ1) is 11.6. The maximum Gasteiger partial charge on any atom is 0.335 e. The van der Waals surface area contributed by atoms with Gasteiger partial charge >= 0.3 is 5.97 Å². The number of ketones is 1. The Morgan fingerprint density at radius 3 is 2.26 bits per heavy atom. The van der Waals surface area contributed by atoms with Gasteiger partial charge in [-0.3, -0.25) is 18.8 Å². The molecule has 0 saturated heterocycles. The number of Topliss-reactive ketones (excluding diaryl/α,β-unsaturated/α-hetero) is 1. The van der Waals surface area contributed by atoms with E-state index in [0.717, 1.165) is 13.0 Å². The number of benzene rings is 1. The molecular formula is C16H24FNO8S. The smallest absolute Gasteiger partial charge is 0.335 e. The Kier molecular flexibility index (Phi) is 11.3. The summed E-state index contributed by atoms with van der Waals surface area (Å²) in [6.07, 6.45) is -2.77. The van der Waals surface area contributed by atoms with Crippen LogP contribution in [0.15, 0.2) is 29.2 Å². The largest absolute Gasteiger partial charge is 0.452 e. The number of carbonyl (C=O) groups excluding carboxylic acids is 3. The van der Waals surface area contributed by atoms with Crippen molar-refractivity contribution in [2.24, 2.45) is 0 Å². The molecule has 0 bridgehead atoms. The lowest BCUT2D eigenvalue weighted by molar-refractivity contribution is -0.164. The minimum Gasteiger partial charge on any atom is -0.452 e. The second-order valence-corrected chi connectivity index (χ2v) is 6.53. The zero-order valence-corrected chi connectivity index (χ0v) is 15.1. The van der Waals surface area contributed by atoms with Crippen LogP contribution in [0, 0.1) is 0 Å². The highest BCUT2D eigenvalue weighted by molar-refractivity contribution is 7.86. The molecule has 0 spiro atoms. The zero-order valence-electron chi connectivity index (χ0n) is 14.3.